The third-order valence-corrected chi connectivity index (χ3v) is 2.85. The number of nitrogens with zero attached hydrogens (tertiary/aromatic N) is 2. The molecule has 102 valence electrons. The second-order valence-electron chi connectivity index (χ2n) is 4.83. The van der Waals surface area contributed by atoms with Crippen LogP contribution < -0.4 is 5.32 Å². The van der Waals surface area contributed by atoms with Crippen LogP contribution in [0.15, 0.2) is 35.0 Å². The Hall–Kier alpha value is -2.63. The van der Waals surface area contributed by atoms with Crippen molar-refractivity contribution in [2.75, 3.05) is 0 Å². The third kappa shape index (κ3) is 2.27. The average Bonchev–Trinajstić information content (AvgIpc) is 3.06. The van der Waals surface area contributed by atoms with E-state index in [4.69, 9.17) is 4.52 Å². The quantitative estimate of drug-likeness (QED) is 0.765. The lowest BCUT2D eigenvalue weighted by Gasteiger charge is -2.03. The SMILES string of the molecule is CC(C)NC(=O)c1nc(-c2ccc3[nH]ccc3c2)no1. The number of aromatic nitrogens is 3. The Kier molecular flexibility index (Phi) is 2.98. The van der Waals surface area contributed by atoms with Crippen LogP contribution in [0.25, 0.3) is 22.3 Å². The Morgan fingerprint density at radius 1 is 1.35 bits per heavy atom. The summed E-state index contributed by atoms with van der Waals surface area (Å²) < 4.78 is 4.99. The van der Waals surface area contributed by atoms with E-state index in [1.54, 1.807) is 0 Å². The highest BCUT2D eigenvalue weighted by molar-refractivity contribution is 5.90. The third-order valence-electron chi connectivity index (χ3n) is 2.85. The smallest absolute Gasteiger partial charge is 0.316 e. The zero-order valence-electron chi connectivity index (χ0n) is 11.2. The number of H-pyrrole nitrogens is 1. The zero-order chi connectivity index (χ0) is 14.1. The molecule has 1 aromatic carbocycles. The average molecular weight is 270 g/mol. The van der Waals surface area contributed by atoms with Gasteiger partial charge in [-0.05, 0) is 38.1 Å². The lowest BCUT2D eigenvalue weighted by atomic mass is 10.1. The molecule has 6 heteroatoms. The number of carbonyl (C=O) groups is 1. The van der Waals surface area contributed by atoms with Crippen LogP contribution >= 0.6 is 0 Å². The summed E-state index contributed by atoms with van der Waals surface area (Å²) in [4.78, 5) is 19.0. The largest absolute Gasteiger partial charge is 0.361 e. The molecule has 0 aliphatic rings. The maximum Gasteiger partial charge on any atom is 0.316 e. The van der Waals surface area contributed by atoms with Crippen molar-refractivity contribution in [3.05, 3.63) is 36.4 Å². The van der Waals surface area contributed by atoms with Crippen LogP contribution in [-0.2, 0) is 0 Å². The van der Waals surface area contributed by atoms with Crippen molar-refractivity contribution in [1.82, 2.24) is 20.4 Å². The van der Waals surface area contributed by atoms with Gasteiger partial charge < -0.3 is 14.8 Å². The monoisotopic (exact) mass is 270 g/mol. The molecule has 2 N–H and O–H groups in total. The normalized spacial score (nSPS) is 11.2. The maximum absolute atomic E-state index is 11.8. The molecule has 0 aliphatic carbocycles. The summed E-state index contributed by atoms with van der Waals surface area (Å²) in [6, 6.07) is 7.75. The zero-order valence-corrected chi connectivity index (χ0v) is 11.2. The Morgan fingerprint density at radius 2 is 2.20 bits per heavy atom. The number of hydrogen-bond acceptors (Lipinski definition) is 4. The van der Waals surface area contributed by atoms with Gasteiger partial charge in [0.2, 0.25) is 5.82 Å². The van der Waals surface area contributed by atoms with Gasteiger partial charge in [0.15, 0.2) is 0 Å². The second-order valence-corrected chi connectivity index (χ2v) is 4.83. The summed E-state index contributed by atoms with van der Waals surface area (Å²) in [6.45, 7) is 3.74. The minimum absolute atomic E-state index is 0.0223. The Morgan fingerprint density at radius 3 is 3.00 bits per heavy atom. The summed E-state index contributed by atoms with van der Waals surface area (Å²) >= 11 is 0. The number of carbonyl (C=O) groups excluding carboxylic acids is 1. The minimum atomic E-state index is -0.360. The topological polar surface area (TPSA) is 83.8 Å². The fourth-order valence-electron chi connectivity index (χ4n) is 1.95. The molecule has 0 spiro atoms. The van der Waals surface area contributed by atoms with Gasteiger partial charge in [-0.3, -0.25) is 4.79 Å². The van der Waals surface area contributed by atoms with Gasteiger partial charge in [0.05, 0.1) is 0 Å². The molecule has 3 rings (SSSR count). The van der Waals surface area contributed by atoms with Gasteiger partial charge >= 0.3 is 11.8 Å². The van der Waals surface area contributed by atoms with Crippen molar-refractivity contribution in [2.24, 2.45) is 0 Å². The van der Waals surface area contributed by atoms with Crippen LogP contribution in [-0.4, -0.2) is 27.1 Å². The lowest BCUT2D eigenvalue weighted by molar-refractivity contribution is 0.0899. The van der Waals surface area contributed by atoms with Crippen LogP contribution in [0, 0.1) is 0 Å². The van der Waals surface area contributed by atoms with Gasteiger partial charge in [0.1, 0.15) is 0 Å². The molecule has 2 aromatic heterocycles. The number of nitrogens with one attached hydrogen (secondary N) is 2. The molecule has 0 fully saturated rings. The van der Waals surface area contributed by atoms with Crippen molar-refractivity contribution in [3.8, 4) is 11.4 Å². The fourth-order valence-corrected chi connectivity index (χ4v) is 1.95. The highest BCUT2D eigenvalue weighted by atomic mass is 16.5. The molecule has 3 aromatic rings. The van der Waals surface area contributed by atoms with E-state index in [0.29, 0.717) is 5.82 Å². The highest BCUT2D eigenvalue weighted by Gasteiger charge is 2.16. The molecule has 20 heavy (non-hydrogen) atoms. The van der Waals surface area contributed by atoms with E-state index in [0.717, 1.165) is 16.5 Å². The predicted octanol–water partition coefficient (Wildman–Crippen LogP) is 2.36. The van der Waals surface area contributed by atoms with Gasteiger partial charge in [-0.2, -0.15) is 4.98 Å². The number of aromatic amines is 1. The van der Waals surface area contributed by atoms with Gasteiger partial charge in [0.25, 0.3) is 0 Å². The van der Waals surface area contributed by atoms with E-state index in [1.165, 1.54) is 0 Å². The van der Waals surface area contributed by atoms with E-state index < -0.39 is 0 Å². The van der Waals surface area contributed by atoms with E-state index in [9.17, 15) is 4.79 Å². The molecule has 1 amide bonds. The van der Waals surface area contributed by atoms with Crippen molar-refractivity contribution < 1.29 is 9.32 Å². The van der Waals surface area contributed by atoms with E-state index in [2.05, 4.69) is 20.4 Å². The fraction of sp³-hybridized carbons (Fsp3) is 0.214. The molecular formula is C14H14N4O2. The van der Waals surface area contributed by atoms with Crippen molar-refractivity contribution >= 4 is 16.8 Å². The van der Waals surface area contributed by atoms with Crippen LogP contribution in [0.4, 0.5) is 0 Å². The molecule has 6 nitrogen and oxygen atoms in total. The molecule has 2 heterocycles. The molecule has 0 aliphatic heterocycles. The van der Waals surface area contributed by atoms with Crippen molar-refractivity contribution in [2.45, 2.75) is 19.9 Å². The van der Waals surface area contributed by atoms with Gasteiger partial charge in [-0.1, -0.05) is 5.16 Å². The van der Waals surface area contributed by atoms with Crippen LogP contribution in [0.1, 0.15) is 24.5 Å². The van der Waals surface area contributed by atoms with E-state index >= 15 is 0 Å². The number of benzene rings is 1. The molecule has 0 atom stereocenters. The standard InChI is InChI=1S/C14H14N4O2/c1-8(2)16-13(19)14-17-12(18-20-14)10-3-4-11-9(7-10)5-6-15-11/h3-8,15H,1-2H3,(H,16,19). The summed E-state index contributed by atoms with van der Waals surface area (Å²) in [6.07, 6.45) is 1.87. The number of amides is 1. The lowest BCUT2D eigenvalue weighted by Crippen LogP contribution is -2.30. The first-order valence-electron chi connectivity index (χ1n) is 6.35. The first-order chi connectivity index (χ1) is 9.63. The summed E-state index contributed by atoms with van der Waals surface area (Å²) in [5, 5.41) is 7.61. The van der Waals surface area contributed by atoms with E-state index in [1.807, 2.05) is 44.3 Å². The first-order valence-corrected chi connectivity index (χ1v) is 6.35. The molecule has 0 radical (unpaired) electrons. The van der Waals surface area contributed by atoms with Crippen LogP contribution in [0.2, 0.25) is 0 Å². The van der Waals surface area contributed by atoms with Crippen molar-refractivity contribution in [3.63, 3.8) is 0 Å². The van der Waals surface area contributed by atoms with Gasteiger partial charge in [-0.15, -0.1) is 0 Å². The van der Waals surface area contributed by atoms with Crippen LogP contribution in [0.3, 0.4) is 0 Å². The van der Waals surface area contributed by atoms with E-state index in [-0.39, 0.29) is 17.8 Å². The van der Waals surface area contributed by atoms with Gasteiger partial charge in [-0.25, -0.2) is 0 Å². The molecule has 0 saturated heterocycles. The summed E-state index contributed by atoms with van der Waals surface area (Å²) in [7, 11) is 0. The maximum atomic E-state index is 11.8. The summed E-state index contributed by atoms with van der Waals surface area (Å²) in [5.41, 5.74) is 1.85. The first kappa shape index (κ1) is 12.4. The molecule has 0 bridgehead atoms. The highest BCUT2D eigenvalue weighted by Crippen LogP contribution is 2.21. The Labute approximate surface area is 115 Å². The Balaban J connectivity index is 1.90. The Bertz CT molecular complexity index is 757. The second kappa shape index (κ2) is 4.80. The summed E-state index contributed by atoms with van der Waals surface area (Å²) in [5.74, 6) is 0.0198. The van der Waals surface area contributed by atoms with Gasteiger partial charge in [0, 0.05) is 28.7 Å². The van der Waals surface area contributed by atoms with Crippen LogP contribution in [0.5, 0.6) is 0 Å². The predicted molar refractivity (Wildman–Crippen MR) is 74.2 cm³/mol. The molecule has 0 unspecified atom stereocenters. The number of rotatable bonds is 3. The van der Waals surface area contributed by atoms with Crippen molar-refractivity contribution in [1.29, 1.82) is 0 Å². The minimum Gasteiger partial charge on any atom is -0.361 e. The molecular weight excluding hydrogens is 256 g/mol. The number of fused-ring (bicyclic) bond motifs is 1. The number of hydrogen-bond donors (Lipinski definition) is 2. The molecule has 0 saturated carbocycles.